The molecule has 2 nitrogen and oxygen atoms in total. The molecular weight excluding hydrogens is 287 g/mol. The van der Waals surface area contributed by atoms with Crippen LogP contribution in [-0.4, -0.2) is 4.57 Å². The zero-order valence-electron chi connectivity index (χ0n) is 11.4. The zero-order valence-corrected chi connectivity index (χ0v) is 12.2. The number of nitriles is 1. The molecule has 104 valence electrons. The van der Waals surface area contributed by atoms with Gasteiger partial charge in [-0.2, -0.15) is 5.26 Å². The van der Waals surface area contributed by atoms with Crippen molar-refractivity contribution in [3.8, 4) is 6.07 Å². The van der Waals surface area contributed by atoms with E-state index in [1.165, 1.54) is 6.07 Å². The van der Waals surface area contributed by atoms with Gasteiger partial charge in [-0.15, -0.1) is 0 Å². The summed E-state index contributed by atoms with van der Waals surface area (Å²) < 4.78 is 15.7. The fourth-order valence-electron chi connectivity index (χ4n) is 2.62. The van der Waals surface area contributed by atoms with Crippen LogP contribution in [0.4, 0.5) is 4.39 Å². The smallest absolute Gasteiger partial charge is 0.128 e. The summed E-state index contributed by atoms with van der Waals surface area (Å²) >= 11 is 6.34. The van der Waals surface area contributed by atoms with E-state index >= 15 is 0 Å². The van der Waals surface area contributed by atoms with E-state index in [1.54, 1.807) is 22.8 Å². The van der Waals surface area contributed by atoms with Crippen LogP contribution in [0, 0.1) is 24.1 Å². The van der Waals surface area contributed by atoms with Crippen LogP contribution in [0.15, 0.2) is 42.5 Å². The van der Waals surface area contributed by atoms with Crippen molar-refractivity contribution in [2.45, 2.75) is 13.5 Å². The number of rotatable bonds is 2. The Kier molecular flexibility index (Phi) is 3.40. The van der Waals surface area contributed by atoms with E-state index in [-0.39, 0.29) is 5.82 Å². The Hall–Kier alpha value is -2.31. The molecule has 21 heavy (non-hydrogen) atoms. The first kappa shape index (κ1) is 13.7. The van der Waals surface area contributed by atoms with Crippen LogP contribution in [-0.2, 0) is 6.54 Å². The summed E-state index contributed by atoms with van der Waals surface area (Å²) in [5.74, 6) is -0.275. The monoisotopic (exact) mass is 298 g/mol. The molecule has 0 aliphatic heterocycles. The van der Waals surface area contributed by atoms with Crippen molar-refractivity contribution in [1.82, 2.24) is 4.57 Å². The number of aromatic nitrogens is 1. The first-order valence-corrected chi connectivity index (χ1v) is 6.92. The van der Waals surface area contributed by atoms with E-state index in [0.717, 1.165) is 16.5 Å². The molecule has 0 amide bonds. The second-order valence-electron chi connectivity index (χ2n) is 4.93. The summed E-state index contributed by atoms with van der Waals surface area (Å²) in [6.07, 6.45) is 0. The quantitative estimate of drug-likeness (QED) is 0.676. The number of para-hydroxylation sites is 1. The predicted molar refractivity (Wildman–Crippen MR) is 81.9 cm³/mol. The number of fused-ring (bicyclic) bond motifs is 1. The van der Waals surface area contributed by atoms with Crippen LogP contribution in [0.3, 0.4) is 0 Å². The highest BCUT2D eigenvalue weighted by molar-refractivity contribution is 6.32. The summed E-state index contributed by atoms with van der Waals surface area (Å²) in [5, 5.41) is 10.5. The Balaban J connectivity index is 2.26. The number of hydrogen-bond donors (Lipinski definition) is 0. The molecule has 0 N–H and O–H groups in total. The van der Waals surface area contributed by atoms with Crippen LogP contribution < -0.4 is 0 Å². The van der Waals surface area contributed by atoms with Crippen molar-refractivity contribution in [3.63, 3.8) is 0 Å². The van der Waals surface area contributed by atoms with Gasteiger partial charge in [0.05, 0.1) is 17.6 Å². The lowest BCUT2D eigenvalue weighted by molar-refractivity contribution is 0.602. The van der Waals surface area contributed by atoms with Gasteiger partial charge in [-0.25, -0.2) is 4.39 Å². The maximum Gasteiger partial charge on any atom is 0.128 e. The van der Waals surface area contributed by atoms with Crippen molar-refractivity contribution in [2.75, 3.05) is 0 Å². The molecule has 0 aliphatic carbocycles. The van der Waals surface area contributed by atoms with E-state index in [4.69, 9.17) is 11.6 Å². The van der Waals surface area contributed by atoms with Gasteiger partial charge < -0.3 is 4.57 Å². The molecule has 0 unspecified atom stereocenters. The van der Waals surface area contributed by atoms with Crippen molar-refractivity contribution in [2.24, 2.45) is 0 Å². The third-order valence-electron chi connectivity index (χ3n) is 3.62. The minimum Gasteiger partial charge on any atom is -0.326 e. The van der Waals surface area contributed by atoms with Gasteiger partial charge in [-0.3, -0.25) is 0 Å². The Morgan fingerprint density at radius 2 is 1.95 bits per heavy atom. The highest BCUT2D eigenvalue weighted by Gasteiger charge is 2.17. The van der Waals surface area contributed by atoms with Crippen LogP contribution in [0.1, 0.15) is 16.7 Å². The largest absolute Gasteiger partial charge is 0.326 e. The fourth-order valence-corrected chi connectivity index (χ4v) is 2.90. The maximum absolute atomic E-state index is 13.9. The lowest BCUT2D eigenvalue weighted by Gasteiger charge is -2.09. The van der Waals surface area contributed by atoms with Gasteiger partial charge in [0, 0.05) is 10.9 Å². The number of aryl methyl sites for hydroxylation is 1. The van der Waals surface area contributed by atoms with Crippen LogP contribution >= 0.6 is 11.6 Å². The molecule has 0 saturated carbocycles. The molecule has 1 heterocycles. The molecule has 3 rings (SSSR count). The molecule has 0 bridgehead atoms. The van der Waals surface area contributed by atoms with Crippen molar-refractivity contribution >= 4 is 22.5 Å². The number of halogens is 2. The molecule has 0 spiro atoms. The average Bonchev–Trinajstić information content (AvgIpc) is 2.75. The molecular formula is C17H12ClFN2. The second kappa shape index (κ2) is 5.23. The summed E-state index contributed by atoms with van der Waals surface area (Å²) in [4.78, 5) is 0. The number of nitrogens with zero attached hydrogens (tertiary/aromatic N) is 2. The van der Waals surface area contributed by atoms with E-state index in [2.05, 4.69) is 6.07 Å². The van der Waals surface area contributed by atoms with Crippen molar-refractivity contribution in [3.05, 3.63) is 70.1 Å². The molecule has 0 atom stereocenters. The Bertz CT molecular complexity index is 874. The van der Waals surface area contributed by atoms with Gasteiger partial charge in [0.1, 0.15) is 17.0 Å². The SMILES string of the molecule is Cc1cccc2c(C#N)c(Cl)n(Cc3ccccc3F)c12. The zero-order chi connectivity index (χ0) is 15.0. The van der Waals surface area contributed by atoms with Gasteiger partial charge in [0.25, 0.3) is 0 Å². The lowest BCUT2D eigenvalue weighted by Crippen LogP contribution is -2.02. The van der Waals surface area contributed by atoms with Gasteiger partial charge >= 0.3 is 0 Å². The first-order chi connectivity index (χ1) is 10.1. The van der Waals surface area contributed by atoms with Gasteiger partial charge in [-0.1, -0.05) is 48.0 Å². The van der Waals surface area contributed by atoms with Crippen LogP contribution in [0.5, 0.6) is 0 Å². The lowest BCUT2D eigenvalue weighted by atomic mass is 10.1. The van der Waals surface area contributed by atoms with Crippen molar-refractivity contribution < 1.29 is 4.39 Å². The minimum absolute atomic E-state index is 0.275. The highest BCUT2D eigenvalue weighted by atomic mass is 35.5. The van der Waals surface area contributed by atoms with E-state index in [9.17, 15) is 9.65 Å². The first-order valence-electron chi connectivity index (χ1n) is 6.54. The van der Waals surface area contributed by atoms with Crippen molar-refractivity contribution in [1.29, 1.82) is 5.26 Å². The molecule has 3 aromatic rings. The standard InChI is InChI=1S/C17H12ClFN2/c1-11-5-4-7-13-14(9-20)17(18)21(16(11)13)10-12-6-2-3-8-15(12)19/h2-8H,10H2,1H3. The van der Waals surface area contributed by atoms with E-state index in [0.29, 0.717) is 22.8 Å². The summed E-state index contributed by atoms with van der Waals surface area (Å²) in [7, 11) is 0. The second-order valence-corrected chi connectivity index (χ2v) is 5.28. The van der Waals surface area contributed by atoms with E-state index in [1.807, 2.05) is 25.1 Å². The number of benzene rings is 2. The maximum atomic E-state index is 13.9. The van der Waals surface area contributed by atoms with E-state index < -0.39 is 0 Å². The Morgan fingerprint density at radius 3 is 2.67 bits per heavy atom. The molecule has 0 radical (unpaired) electrons. The molecule has 0 saturated heterocycles. The summed E-state index contributed by atoms with van der Waals surface area (Å²) in [5.41, 5.74) is 2.87. The third-order valence-corrected chi connectivity index (χ3v) is 4.01. The Labute approximate surface area is 127 Å². The highest BCUT2D eigenvalue weighted by Crippen LogP contribution is 2.32. The summed E-state index contributed by atoms with van der Waals surface area (Å²) in [6, 6.07) is 14.4. The normalized spacial score (nSPS) is 10.8. The topological polar surface area (TPSA) is 28.7 Å². The summed E-state index contributed by atoms with van der Waals surface area (Å²) in [6.45, 7) is 2.26. The number of hydrogen-bond acceptors (Lipinski definition) is 1. The fraction of sp³-hybridized carbons (Fsp3) is 0.118. The van der Waals surface area contributed by atoms with Crippen LogP contribution in [0.2, 0.25) is 5.15 Å². The Morgan fingerprint density at radius 1 is 1.19 bits per heavy atom. The van der Waals surface area contributed by atoms with Crippen LogP contribution in [0.25, 0.3) is 10.9 Å². The average molecular weight is 299 g/mol. The molecule has 4 heteroatoms. The van der Waals surface area contributed by atoms with Gasteiger partial charge in [0.15, 0.2) is 0 Å². The molecule has 1 aromatic heterocycles. The predicted octanol–water partition coefficient (Wildman–Crippen LogP) is 4.66. The van der Waals surface area contributed by atoms with Gasteiger partial charge in [-0.05, 0) is 18.6 Å². The molecule has 0 aliphatic rings. The minimum atomic E-state index is -0.275. The van der Waals surface area contributed by atoms with Gasteiger partial charge in [0.2, 0.25) is 0 Å². The molecule has 0 fully saturated rings. The third kappa shape index (κ3) is 2.18. The molecule has 2 aromatic carbocycles.